The minimum atomic E-state index is 0.156. The number of halogens is 2. The minimum absolute atomic E-state index is 0.156. The van der Waals surface area contributed by atoms with Gasteiger partial charge in [-0.1, -0.05) is 0 Å². The van der Waals surface area contributed by atoms with Crippen LogP contribution >= 0.6 is 31.9 Å². The Balaban J connectivity index is 2.96. The molecule has 0 aromatic heterocycles. The van der Waals surface area contributed by atoms with Gasteiger partial charge in [-0.2, -0.15) is 0 Å². The lowest BCUT2D eigenvalue weighted by Gasteiger charge is -2.18. The molecule has 4 heteroatoms. The summed E-state index contributed by atoms with van der Waals surface area (Å²) in [4.78, 5) is 0. The summed E-state index contributed by atoms with van der Waals surface area (Å²) in [7, 11) is 0. The second-order valence-electron chi connectivity index (χ2n) is 5.05. The summed E-state index contributed by atoms with van der Waals surface area (Å²) >= 11 is 6.74. The highest BCUT2D eigenvalue weighted by Crippen LogP contribution is 2.47. The van der Waals surface area contributed by atoms with Crippen LogP contribution in [0.3, 0.4) is 0 Å². The predicted molar refractivity (Wildman–Crippen MR) is 89.6 cm³/mol. The Kier molecular flexibility index (Phi) is 4.17. The van der Waals surface area contributed by atoms with Gasteiger partial charge in [0, 0.05) is 11.1 Å². The Labute approximate surface area is 135 Å². The maximum absolute atomic E-state index is 10.4. The first-order valence-electron chi connectivity index (χ1n) is 6.23. The molecule has 0 aliphatic rings. The second kappa shape index (κ2) is 5.41. The van der Waals surface area contributed by atoms with E-state index in [4.69, 9.17) is 0 Å². The second-order valence-corrected chi connectivity index (χ2v) is 6.76. The summed E-state index contributed by atoms with van der Waals surface area (Å²) in [5.74, 6) is 0.313. The molecule has 0 aliphatic heterocycles. The summed E-state index contributed by atoms with van der Waals surface area (Å²) in [5.41, 5.74) is 5.39. The van der Waals surface area contributed by atoms with Gasteiger partial charge in [0.05, 0.1) is 8.95 Å². The molecule has 2 aromatic carbocycles. The van der Waals surface area contributed by atoms with Crippen LogP contribution in [0, 0.1) is 27.7 Å². The fourth-order valence-electron chi connectivity index (χ4n) is 2.33. The van der Waals surface area contributed by atoms with Crippen LogP contribution in [-0.2, 0) is 0 Å². The molecule has 2 N–H and O–H groups in total. The molecule has 0 atom stereocenters. The summed E-state index contributed by atoms with van der Waals surface area (Å²) in [5, 5.41) is 20.8. The molecule has 0 fully saturated rings. The van der Waals surface area contributed by atoms with Crippen LogP contribution in [-0.4, -0.2) is 10.2 Å². The highest BCUT2D eigenvalue weighted by molar-refractivity contribution is 9.11. The monoisotopic (exact) mass is 398 g/mol. The number of aromatic hydroxyl groups is 2. The fraction of sp³-hybridized carbons (Fsp3) is 0.250. The number of phenols is 2. The van der Waals surface area contributed by atoms with Gasteiger partial charge in [-0.25, -0.2) is 0 Å². The lowest BCUT2D eigenvalue weighted by Crippen LogP contribution is -1.95. The summed E-state index contributed by atoms with van der Waals surface area (Å²) in [6.45, 7) is 7.87. The topological polar surface area (TPSA) is 40.5 Å². The summed E-state index contributed by atoms with van der Waals surface area (Å²) < 4.78 is 1.26. The Morgan fingerprint density at radius 1 is 0.700 bits per heavy atom. The van der Waals surface area contributed by atoms with E-state index in [2.05, 4.69) is 31.9 Å². The fourth-order valence-corrected chi connectivity index (χ4v) is 3.42. The number of phenolic OH excluding ortho intramolecular Hbond substituents is 2. The van der Waals surface area contributed by atoms with Crippen LogP contribution in [0.25, 0.3) is 11.1 Å². The summed E-state index contributed by atoms with van der Waals surface area (Å²) in [6.07, 6.45) is 0. The third kappa shape index (κ3) is 2.35. The van der Waals surface area contributed by atoms with Gasteiger partial charge in [-0.05, 0) is 93.9 Å². The molecule has 2 rings (SSSR count). The molecule has 2 nitrogen and oxygen atoms in total. The highest BCUT2D eigenvalue weighted by Gasteiger charge is 2.21. The first kappa shape index (κ1) is 15.4. The SMILES string of the molecule is Cc1cc(Br)c(O)c(-c2c(C)c(C)cc(Br)c2O)c1C. The quantitative estimate of drug-likeness (QED) is 0.662. The van der Waals surface area contributed by atoms with Crippen molar-refractivity contribution in [2.45, 2.75) is 27.7 Å². The average Bonchev–Trinajstić information content (AvgIpc) is 2.38. The van der Waals surface area contributed by atoms with Gasteiger partial charge in [-0.3, -0.25) is 0 Å². The molecule has 0 amide bonds. The standard InChI is InChI=1S/C16H16Br2O2/c1-7-5-11(17)15(19)13(9(7)3)14-10(4)8(2)6-12(18)16(14)20/h5-6,19-20H,1-4H3. The van der Waals surface area contributed by atoms with Crippen molar-refractivity contribution in [2.24, 2.45) is 0 Å². The Morgan fingerprint density at radius 2 is 1.00 bits per heavy atom. The van der Waals surface area contributed by atoms with Crippen LogP contribution in [0.5, 0.6) is 11.5 Å². The van der Waals surface area contributed by atoms with Crippen molar-refractivity contribution in [3.8, 4) is 22.6 Å². The Bertz CT molecular complexity index is 593. The zero-order valence-electron chi connectivity index (χ0n) is 11.8. The van der Waals surface area contributed by atoms with Crippen LogP contribution in [0.15, 0.2) is 21.1 Å². The molecule has 0 heterocycles. The first-order valence-corrected chi connectivity index (χ1v) is 7.82. The maximum atomic E-state index is 10.4. The van der Waals surface area contributed by atoms with Gasteiger partial charge >= 0.3 is 0 Å². The third-order valence-corrected chi connectivity index (χ3v) is 5.00. The Hall–Kier alpha value is -1.00. The van der Waals surface area contributed by atoms with Gasteiger partial charge in [0.2, 0.25) is 0 Å². The molecule has 20 heavy (non-hydrogen) atoms. The molecule has 0 saturated heterocycles. The molecular weight excluding hydrogens is 384 g/mol. The van der Waals surface area contributed by atoms with E-state index in [0.717, 1.165) is 22.3 Å². The average molecular weight is 400 g/mol. The molecule has 106 valence electrons. The zero-order valence-corrected chi connectivity index (χ0v) is 15.0. The maximum Gasteiger partial charge on any atom is 0.138 e. The molecule has 0 unspecified atom stereocenters. The van der Waals surface area contributed by atoms with Gasteiger partial charge in [0.25, 0.3) is 0 Å². The van der Waals surface area contributed by atoms with E-state index in [1.165, 1.54) is 0 Å². The predicted octanol–water partition coefficient (Wildman–Crippen LogP) is 5.52. The summed E-state index contributed by atoms with van der Waals surface area (Å²) in [6, 6.07) is 3.76. The smallest absolute Gasteiger partial charge is 0.138 e. The van der Waals surface area contributed by atoms with E-state index in [9.17, 15) is 10.2 Å². The third-order valence-electron chi connectivity index (χ3n) is 3.80. The van der Waals surface area contributed by atoms with Gasteiger partial charge in [-0.15, -0.1) is 0 Å². The van der Waals surface area contributed by atoms with Gasteiger partial charge in [0.15, 0.2) is 0 Å². The van der Waals surface area contributed by atoms with Crippen molar-refractivity contribution in [3.63, 3.8) is 0 Å². The van der Waals surface area contributed by atoms with Crippen molar-refractivity contribution in [1.29, 1.82) is 0 Å². The molecule has 0 bridgehead atoms. The molecular formula is C16H16Br2O2. The van der Waals surface area contributed by atoms with Crippen LogP contribution < -0.4 is 0 Å². The molecule has 2 aromatic rings. The highest BCUT2D eigenvalue weighted by atomic mass is 79.9. The number of aryl methyl sites for hydroxylation is 2. The van der Waals surface area contributed by atoms with Crippen molar-refractivity contribution < 1.29 is 10.2 Å². The largest absolute Gasteiger partial charge is 0.506 e. The van der Waals surface area contributed by atoms with Gasteiger partial charge < -0.3 is 10.2 Å². The van der Waals surface area contributed by atoms with Crippen LogP contribution in [0.2, 0.25) is 0 Å². The van der Waals surface area contributed by atoms with E-state index >= 15 is 0 Å². The Morgan fingerprint density at radius 3 is 1.30 bits per heavy atom. The number of hydrogen-bond donors (Lipinski definition) is 2. The molecule has 0 radical (unpaired) electrons. The number of rotatable bonds is 1. The lowest BCUT2D eigenvalue weighted by atomic mass is 9.90. The van der Waals surface area contributed by atoms with Crippen LogP contribution in [0.4, 0.5) is 0 Å². The van der Waals surface area contributed by atoms with E-state index in [0.29, 0.717) is 20.1 Å². The van der Waals surface area contributed by atoms with Crippen molar-refractivity contribution >= 4 is 31.9 Å². The first-order chi connectivity index (χ1) is 9.25. The van der Waals surface area contributed by atoms with Crippen LogP contribution in [0.1, 0.15) is 22.3 Å². The lowest BCUT2D eigenvalue weighted by molar-refractivity contribution is 0.464. The van der Waals surface area contributed by atoms with E-state index < -0.39 is 0 Å². The van der Waals surface area contributed by atoms with Crippen molar-refractivity contribution in [1.82, 2.24) is 0 Å². The van der Waals surface area contributed by atoms with E-state index in [1.807, 2.05) is 39.8 Å². The van der Waals surface area contributed by atoms with Crippen molar-refractivity contribution in [3.05, 3.63) is 43.3 Å². The molecule has 0 aliphatic carbocycles. The number of benzene rings is 2. The zero-order chi connectivity index (χ0) is 15.2. The van der Waals surface area contributed by atoms with Gasteiger partial charge in [0.1, 0.15) is 11.5 Å². The normalized spacial score (nSPS) is 10.9. The molecule has 0 spiro atoms. The minimum Gasteiger partial charge on any atom is -0.506 e. The van der Waals surface area contributed by atoms with E-state index in [-0.39, 0.29) is 11.5 Å². The number of hydrogen-bond acceptors (Lipinski definition) is 2. The molecule has 0 saturated carbocycles. The van der Waals surface area contributed by atoms with Crippen molar-refractivity contribution in [2.75, 3.05) is 0 Å². The van der Waals surface area contributed by atoms with E-state index in [1.54, 1.807) is 0 Å².